The van der Waals surface area contributed by atoms with Crippen LogP contribution in [0.25, 0.3) is 0 Å². The first kappa shape index (κ1) is 22.7. The number of hydrogen-bond acceptors (Lipinski definition) is 6. The van der Waals surface area contributed by atoms with E-state index in [0.29, 0.717) is 22.4 Å². The fourth-order valence-corrected chi connectivity index (χ4v) is 2.45. The van der Waals surface area contributed by atoms with Crippen LogP contribution in [0.4, 0.5) is 13.2 Å². The zero-order valence-corrected chi connectivity index (χ0v) is 16.5. The second-order valence-corrected chi connectivity index (χ2v) is 5.88. The highest BCUT2D eigenvalue weighted by atomic mass is 19.4. The number of nitrogens with one attached hydrogen (secondary N) is 1. The zero-order chi connectivity index (χ0) is 22.1. The van der Waals surface area contributed by atoms with Crippen LogP contribution in [0.1, 0.15) is 23.6 Å². The summed E-state index contributed by atoms with van der Waals surface area (Å²) >= 11 is 0. The third-order valence-corrected chi connectivity index (χ3v) is 3.82. The van der Waals surface area contributed by atoms with Crippen molar-refractivity contribution in [2.75, 3.05) is 14.2 Å². The minimum Gasteiger partial charge on any atom is -0.406 e. The highest BCUT2D eigenvalue weighted by Gasteiger charge is 2.31. The molecule has 0 unspecified atom stereocenters. The summed E-state index contributed by atoms with van der Waals surface area (Å²) in [4.78, 5) is 22.2. The van der Waals surface area contributed by atoms with Crippen LogP contribution in [0.5, 0.6) is 5.75 Å². The van der Waals surface area contributed by atoms with Crippen molar-refractivity contribution in [1.82, 2.24) is 5.32 Å². The molecule has 1 amide bonds. The summed E-state index contributed by atoms with van der Waals surface area (Å²) in [5.41, 5.74) is 2.25. The number of nitrogens with zero attached hydrogens (tertiary/aromatic N) is 2. The number of halogens is 3. The Hall–Kier alpha value is -3.56. The van der Waals surface area contributed by atoms with E-state index < -0.39 is 12.3 Å². The minimum absolute atomic E-state index is 0.0303. The molecule has 2 rings (SSSR count). The molecule has 160 valence electrons. The Bertz CT molecular complexity index is 926. The molecule has 1 N–H and O–H groups in total. The van der Waals surface area contributed by atoms with E-state index in [1.807, 2.05) is 0 Å². The Morgan fingerprint density at radius 1 is 1.07 bits per heavy atom. The lowest BCUT2D eigenvalue weighted by molar-refractivity contribution is -0.274. The number of carbonyl (C=O) groups is 1. The molecule has 2 aromatic rings. The molecule has 0 aliphatic rings. The number of alkyl halides is 3. The van der Waals surface area contributed by atoms with Crippen molar-refractivity contribution in [3.8, 4) is 5.75 Å². The Labute approximate surface area is 171 Å². The Kier molecular flexibility index (Phi) is 7.79. The highest BCUT2D eigenvalue weighted by molar-refractivity contribution is 6.45. The maximum atomic E-state index is 12.2. The first-order chi connectivity index (χ1) is 14.2. The van der Waals surface area contributed by atoms with Gasteiger partial charge in [0.15, 0.2) is 5.71 Å². The highest BCUT2D eigenvalue weighted by Crippen LogP contribution is 2.23. The van der Waals surface area contributed by atoms with Crippen molar-refractivity contribution in [3.63, 3.8) is 0 Å². The van der Waals surface area contributed by atoms with E-state index in [9.17, 15) is 18.0 Å². The molecule has 10 heteroatoms. The summed E-state index contributed by atoms with van der Waals surface area (Å²) < 4.78 is 40.5. The normalized spacial score (nSPS) is 12.3. The summed E-state index contributed by atoms with van der Waals surface area (Å²) in [7, 11) is 2.81. The SMILES string of the molecule is CNC(=O)/C(=N/OC)c1ccccc1CO/N=C(\C)c1ccc(OC(F)(F)F)cc1. The molecule has 0 spiro atoms. The van der Waals surface area contributed by atoms with Gasteiger partial charge in [0.25, 0.3) is 5.91 Å². The van der Waals surface area contributed by atoms with Gasteiger partial charge in [-0.15, -0.1) is 13.2 Å². The fraction of sp³-hybridized carbons (Fsp3) is 0.250. The molecule has 0 fully saturated rings. The Morgan fingerprint density at radius 3 is 2.33 bits per heavy atom. The Balaban J connectivity index is 2.12. The minimum atomic E-state index is -4.75. The lowest BCUT2D eigenvalue weighted by Gasteiger charge is -2.11. The average Bonchev–Trinajstić information content (AvgIpc) is 2.71. The number of carbonyl (C=O) groups excluding carboxylic acids is 1. The van der Waals surface area contributed by atoms with Gasteiger partial charge in [0.1, 0.15) is 19.5 Å². The van der Waals surface area contributed by atoms with Crippen molar-refractivity contribution < 1.29 is 32.4 Å². The summed E-state index contributed by atoms with van der Waals surface area (Å²) in [6, 6.07) is 12.2. The van der Waals surface area contributed by atoms with Gasteiger partial charge in [-0.3, -0.25) is 4.79 Å². The molecular formula is C20H20F3N3O4. The second-order valence-electron chi connectivity index (χ2n) is 5.88. The van der Waals surface area contributed by atoms with E-state index in [4.69, 9.17) is 9.68 Å². The van der Waals surface area contributed by atoms with Gasteiger partial charge >= 0.3 is 6.36 Å². The maximum Gasteiger partial charge on any atom is 0.573 e. The van der Waals surface area contributed by atoms with Crippen molar-refractivity contribution in [1.29, 1.82) is 0 Å². The molecule has 0 atom stereocenters. The number of oxime groups is 2. The van der Waals surface area contributed by atoms with Gasteiger partial charge in [0.2, 0.25) is 0 Å². The van der Waals surface area contributed by atoms with E-state index in [2.05, 4.69) is 20.4 Å². The molecule has 2 aromatic carbocycles. The van der Waals surface area contributed by atoms with Gasteiger partial charge in [-0.2, -0.15) is 0 Å². The molecule has 0 radical (unpaired) electrons. The van der Waals surface area contributed by atoms with Gasteiger partial charge < -0.3 is 19.7 Å². The number of amides is 1. The van der Waals surface area contributed by atoms with Crippen molar-refractivity contribution in [2.45, 2.75) is 19.9 Å². The van der Waals surface area contributed by atoms with E-state index >= 15 is 0 Å². The van der Waals surface area contributed by atoms with Crippen LogP contribution < -0.4 is 10.1 Å². The average molecular weight is 423 g/mol. The van der Waals surface area contributed by atoms with E-state index in [1.165, 1.54) is 38.4 Å². The standard InChI is InChI=1S/C20H20F3N3O4/c1-13(14-8-10-16(11-9-14)30-20(21,22)23)25-29-12-15-6-4-5-7-17(15)18(26-28-3)19(27)24-2/h4-11H,12H2,1-3H3,(H,24,27)/b25-13+,26-18+. The van der Waals surface area contributed by atoms with Gasteiger partial charge in [-0.05, 0) is 36.8 Å². The lowest BCUT2D eigenvalue weighted by Crippen LogP contribution is -2.29. The first-order valence-corrected chi connectivity index (χ1v) is 8.69. The largest absolute Gasteiger partial charge is 0.573 e. The first-order valence-electron chi connectivity index (χ1n) is 8.69. The monoisotopic (exact) mass is 423 g/mol. The van der Waals surface area contributed by atoms with E-state index in [1.54, 1.807) is 31.2 Å². The molecule has 0 bridgehead atoms. The van der Waals surface area contributed by atoms with Gasteiger partial charge in [0, 0.05) is 18.2 Å². The summed E-state index contributed by atoms with van der Waals surface area (Å²) in [5.74, 6) is -0.752. The van der Waals surface area contributed by atoms with Crippen LogP contribution in [0.2, 0.25) is 0 Å². The van der Waals surface area contributed by atoms with Gasteiger partial charge in [-0.25, -0.2) is 0 Å². The van der Waals surface area contributed by atoms with Gasteiger partial charge in [-0.1, -0.05) is 34.6 Å². The summed E-state index contributed by atoms with van der Waals surface area (Å²) in [5, 5.41) is 10.3. The quantitative estimate of drug-likeness (QED) is 0.519. The lowest BCUT2D eigenvalue weighted by atomic mass is 10.0. The number of hydrogen-bond donors (Lipinski definition) is 1. The molecule has 0 aromatic heterocycles. The number of rotatable bonds is 8. The van der Waals surface area contributed by atoms with Crippen LogP contribution in [-0.2, 0) is 21.1 Å². The molecule has 0 aliphatic carbocycles. The van der Waals surface area contributed by atoms with E-state index in [0.717, 1.165) is 0 Å². The molecule has 7 nitrogen and oxygen atoms in total. The molecular weight excluding hydrogens is 403 g/mol. The fourth-order valence-electron chi connectivity index (χ4n) is 2.45. The molecule has 0 heterocycles. The van der Waals surface area contributed by atoms with Crippen LogP contribution >= 0.6 is 0 Å². The van der Waals surface area contributed by atoms with Crippen LogP contribution in [0, 0.1) is 0 Å². The van der Waals surface area contributed by atoms with E-state index in [-0.39, 0.29) is 18.1 Å². The number of benzene rings is 2. The molecule has 0 aliphatic heterocycles. The van der Waals surface area contributed by atoms with Crippen molar-refractivity contribution in [3.05, 3.63) is 65.2 Å². The van der Waals surface area contributed by atoms with Crippen molar-refractivity contribution >= 4 is 17.3 Å². The van der Waals surface area contributed by atoms with Crippen LogP contribution in [-0.4, -0.2) is 37.9 Å². The number of likely N-dealkylation sites (N-methyl/N-ethyl adjacent to an activating group) is 1. The smallest absolute Gasteiger partial charge is 0.406 e. The zero-order valence-electron chi connectivity index (χ0n) is 16.5. The number of ether oxygens (including phenoxy) is 1. The van der Waals surface area contributed by atoms with Gasteiger partial charge in [0.05, 0.1) is 5.71 Å². The maximum absolute atomic E-state index is 12.2. The van der Waals surface area contributed by atoms with Crippen LogP contribution in [0.15, 0.2) is 58.8 Å². The third-order valence-electron chi connectivity index (χ3n) is 3.82. The topological polar surface area (TPSA) is 81.5 Å². The predicted molar refractivity (Wildman–Crippen MR) is 104 cm³/mol. The molecule has 0 saturated heterocycles. The third kappa shape index (κ3) is 6.50. The molecule has 0 saturated carbocycles. The van der Waals surface area contributed by atoms with Crippen molar-refractivity contribution in [2.24, 2.45) is 10.3 Å². The predicted octanol–water partition coefficient (Wildman–Crippen LogP) is 3.62. The summed E-state index contributed by atoms with van der Waals surface area (Å²) in [6.07, 6.45) is -4.75. The molecule has 30 heavy (non-hydrogen) atoms. The Morgan fingerprint density at radius 2 is 1.73 bits per heavy atom. The van der Waals surface area contributed by atoms with Crippen LogP contribution in [0.3, 0.4) is 0 Å². The second kappa shape index (κ2) is 10.3. The summed E-state index contributed by atoms with van der Waals surface area (Å²) in [6.45, 7) is 1.68.